The van der Waals surface area contributed by atoms with E-state index in [2.05, 4.69) is 20.9 Å². The van der Waals surface area contributed by atoms with Gasteiger partial charge in [-0.15, -0.1) is 0 Å². The van der Waals surface area contributed by atoms with Crippen LogP contribution in [0.2, 0.25) is 5.02 Å². The second-order valence-electron chi connectivity index (χ2n) is 6.23. The molecular weight excluding hydrogens is 376 g/mol. The van der Waals surface area contributed by atoms with Gasteiger partial charge < -0.3 is 16.0 Å². The number of amides is 2. The van der Waals surface area contributed by atoms with Crippen molar-refractivity contribution in [2.24, 2.45) is 0 Å². The maximum absolute atomic E-state index is 12.6. The highest BCUT2D eigenvalue weighted by Crippen LogP contribution is 2.23. The minimum atomic E-state index is -0.279. The number of carbonyl (C=O) groups excluding carboxylic acids is 2. The Morgan fingerprint density at radius 1 is 0.964 bits per heavy atom. The van der Waals surface area contributed by atoms with Crippen LogP contribution in [0.5, 0.6) is 0 Å². The lowest BCUT2D eigenvalue weighted by Crippen LogP contribution is -2.13. The fourth-order valence-corrected chi connectivity index (χ4v) is 2.85. The van der Waals surface area contributed by atoms with E-state index in [0.29, 0.717) is 27.8 Å². The monoisotopic (exact) mass is 394 g/mol. The van der Waals surface area contributed by atoms with Crippen molar-refractivity contribution in [3.05, 3.63) is 76.9 Å². The van der Waals surface area contributed by atoms with Crippen LogP contribution in [0, 0.1) is 6.92 Å². The lowest BCUT2D eigenvalue weighted by Gasteiger charge is -2.11. The predicted octanol–water partition coefficient (Wildman–Crippen LogP) is 5.00. The Kier molecular flexibility index (Phi) is 5.91. The third-order valence-electron chi connectivity index (χ3n) is 3.91. The Hall–Kier alpha value is -3.38. The molecule has 3 N–H and O–H groups in total. The highest BCUT2D eigenvalue weighted by Gasteiger charge is 2.09. The smallest absolute Gasteiger partial charge is 0.255 e. The van der Waals surface area contributed by atoms with E-state index in [1.807, 2.05) is 19.1 Å². The molecule has 28 heavy (non-hydrogen) atoms. The highest BCUT2D eigenvalue weighted by molar-refractivity contribution is 6.30. The van der Waals surface area contributed by atoms with Crippen molar-refractivity contribution >= 4 is 46.3 Å². The van der Waals surface area contributed by atoms with E-state index in [-0.39, 0.29) is 11.8 Å². The molecule has 0 aliphatic rings. The van der Waals surface area contributed by atoms with Crippen LogP contribution in [0.15, 0.2) is 60.8 Å². The molecule has 2 amide bonds. The molecule has 142 valence electrons. The number of aromatic nitrogens is 1. The van der Waals surface area contributed by atoms with Gasteiger partial charge in [0.25, 0.3) is 5.91 Å². The van der Waals surface area contributed by atoms with Gasteiger partial charge in [0.05, 0.1) is 0 Å². The quantitative estimate of drug-likeness (QED) is 0.568. The van der Waals surface area contributed by atoms with Gasteiger partial charge >= 0.3 is 0 Å². The van der Waals surface area contributed by atoms with Crippen LogP contribution in [-0.4, -0.2) is 16.8 Å². The van der Waals surface area contributed by atoms with Gasteiger partial charge in [-0.2, -0.15) is 0 Å². The molecule has 6 nitrogen and oxygen atoms in total. The van der Waals surface area contributed by atoms with Gasteiger partial charge in [0, 0.05) is 40.8 Å². The Balaban J connectivity index is 1.74. The summed E-state index contributed by atoms with van der Waals surface area (Å²) in [5, 5.41) is 9.35. The van der Waals surface area contributed by atoms with E-state index >= 15 is 0 Å². The van der Waals surface area contributed by atoms with Gasteiger partial charge in [0.2, 0.25) is 5.91 Å². The summed E-state index contributed by atoms with van der Waals surface area (Å²) >= 11 is 5.98. The van der Waals surface area contributed by atoms with Crippen molar-refractivity contribution in [1.82, 2.24) is 4.98 Å². The van der Waals surface area contributed by atoms with Crippen LogP contribution in [-0.2, 0) is 4.79 Å². The Bertz CT molecular complexity index is 1040. The highest BCUT2D eigenvalue weighted by atomic mass is 35.5. The molecule has 0 aliphatic carbocycles. The standard InChI is InChI=1S/C21H19ClN4O2/c1-13-10-16(22)6-7-19(13)26-20-11-15(8-9-23-20)21(28)25-18-5-3-4-17(12-18)24-14(2)27/h3-12H,1-2H3,(H,23,26)(H,24,27)(H,25,28). The zero-order chi connectivity index (χ0) is 20.1. The lowest BCUT2D eigenvalue weighted by atomic mass is 10.2. The fourth-order valence-electron chi connectivity index (χ4n) is 2.63. The first-order valence-corrected chi connectivity index (χ1v) is 8.97. The summed E-state index contributed by atoms with van der Waals surface area (Å²) in [6, 6.07) is 15.7. The number of pyridine rings is 1. The summed E-state index contributed by atoms with van der Waals surface area (Å²) < 4.78 is 0. The topological polar surface area (TPSA) is 83.1 Å². The van der Waals surface area contributed by atoms with Crippen LogP contribution >= 0.6 is 11.6 Å². The number of benzene rings is 2. The number of hydrogen-bond acceptors (Lipinski definition) is 4. The summed E-state index contributed by atoms with van der Waals surface area (Å²) in [5.41, 5.74) is 3.47. The largest absolute Gasteiger partial charge is 0.340 e. The molecule has 3 rings (SSSR count). The first-order valence-electron chi connectivity index (χ1n) is 8.59. The summed E-state index contributed by atoms with van der Waals surface area (Å²) in [6.07, 6.45) is 1.57. The molecule has 0 saturated heterocycles. The number of anilines is 4. The Morgan fingerprint density at radius 3 is 2.43 bits per heavy atom. The van der Waals surface area contributed by atoms with Crippen LogP contribution in [0.1, 0.15) is 22.8 Å². The third-order valence-corrected chi connectivity index (χ3v) is 4.15. The molecule has 0 spiro atoms. The van der Waals surface area contributed by atoms with Crippen molar-refractivity contribution < 1.29 is 9.59 Å². The maximum atomic E-state index is 12.6. The molecule has 2 aromatic carbocycles. The van der Waals surface area contributed by atoms with Gasteiger partial charge in [0.15, 0.2) is 0 Å². The van der Waals surface area contributed by atoms with Crippen LogP contribution in [0.25, 0.3) is 0 Å². The Labute approximate surface area is 168 Å². The molecule has 0 unspecified atom stereocenters. The van der Waals surface area contributed by atoms with E-state index < -0.39 is 0 Å². The van der Waals surface area contributed by atoms with E-state index in [9.17, 15) is 9.59 Å². The van der Waals surface area contributed by atoms with E-state index in [1.165, 1.54) is 6.92 Å². The summed E-state index contributed by atoms with van der Waals surface area (Å²) in [6.45, 7) is 3.37. The normalized spacial score (nSPS) is 10.2. The average molecular weight is 395 g/mol. The Morgan fingerprint density at radius 2 is 1.71 bits per heavy atom. The molecule has 0 aliphatic heterocycles. The van der Waals surface area contributed by atoms with E-state index in [4.69, 9.17) is 11.6 Å². The zero-order valence-corrected chi connectivity index (χ0v) is 16.2. The predicted molar refractivity (Wildman–Crippen MR) is 112 cm³/mol. The lowest BCUT2D eigenvalue weighted by molar-refractivity contribution is -0.114. The molecule has 0 atom stereocenters. The number of nitrogens with one attached hydrogen (secondary N) is 3. The second-order valence-corrected chi connectivity index (χ2v) is 6.67. The van der Waals surface area contributed by atoms with Gasteiger partial charge in [-0.05, 0) is 61.0 Å². The summed E-state index contributed by atoms with van der Waals surface area (Å²) in [4.78, 5) is 28.0. The van der Waals surface area contributed by atoms with Crippen LogP contribution < -0.4 is 16.0 Å². The average Bonchev–Trinajstić information content (AvgIpc) is 2.64. The van der Waals surface area contributed by atoms with E-state index in [1.54, 1.807) is 48.7 Å². The van der Waals surface area contributed by atoms with Crippen molar-refractivity contribution in [3.63, 3.8) is 0 Å². The van der Waals surface area contributed by atoms with Crippen molar-refractivity contribution in [3.8, 4) is 0 Å². The number of carbonyl (C=O) groups is 2. The number of nitrogens with zero attached hydrogens (tertiary/aromatic N) is 1. The zero-order valence-electron chi connectivity index (χ0n) is 15.4. The third kappa shape index (κ3) is 5.08. The summed E-state index contributed by atoms with van der Waals surface area (Å²) in [7, 11) is 0. The molecule has 1 heterocycles. The SMILES string of the molecule is CC(=O)Nc1cccc(NC(=O)c2ccnc(Nc3ccc(Cl)cc3C)c2)c1. The molecular formula is C21H19ClN4O2. The molecule has 0 fully saturated rings. The number of aryl methyl sites for hydroxylation is 1. The molecule has 3 aromatic rings. The fraction of sp³-hybridized carbons (Fsp3) is 0.0952. The van der Waals surface area contributed by atoms with Gasteiger partial charge in [-0.25, -0.2) is 4.98 Å². The van der Waals surface area contributed by atoms with E-state index in [0.717, 1.165) is 11.3 Å². The van der Waals surface area contributed by atoms with Gasteiger partial charge in [0.1, 0.15) is 5.82 Å². The first kappa shape index (κ1) is 19.4. The maximum Gasteiger partial charge on any atom is 0.255 e. The van der Waals surface area contributed by atoms with Gasteiger partial charge in [-0.3, -0.25) is 9.59 Å². The van der Waals surface area contributed by atoms with Crippen LogP contribution in [0.3, 0.4) is 0 Å². The first-order chi connectivity index (χ1) is 13.4. The molecule has 0 radical (unpaired) electrons. The number of halogens is 1. The molecule has 0 bridgehead atoms. The second kappa shape index (κ2) is 8.54. The van der Waals surface area contributed by atoms with Crippen molar-refractivity contribution in [2.75, 3.05) is 16.0 Å². The minimum absolute atomic E-state index is 0.175. The number of rotatable bonds is 5. The van der Waals surface area contributed by atoms with Crippen molar-refractivity contribution in [2.45, 2.75) is 13.8 Å². The van der Waals surface area contributed by atoms with Crippen LogP contribution in [0.4, 0.5) is 22.9 Å². The molecule has 0 saturated carbocycles. The molecule has 7 heteroatoms. The summed E-state index contributed by atoms with van der Waals surface area (Å²) in [5.74, 6) is 0.0918. The van der Waals surface area contributed by atoms with Gasteiger partial charge in [-0.1, -0.05) is 17.7 Å². The molecule has 1 aromatic heterocycles. The van der Waals surface area contributed by atoms with Crippen molar-refractivity contribution in [1.29, 1.82) is 0 Å². The minimum Gasteiger partial charge on any atom is -0.340 e. The number of hydrogen-bond donors (Lipinski definition) is 3.